The van der Waals surface area contributed by atoms with Crippen molar-refractivity contribution in [3.63, 3.8) is 0 Å². The second kappa shape index (κ2) is 8.09. The average Bonchev–Trinajstić information content (AvgIpc) is 3.06. The zero-order chi connectivity index (χ0) is 19.7. The molecule has 0 N–H and O–H groups in total. The van der Waals surface area contributed by atoms with Crippen LogP contribution in [0.25, 0.3) is 0 Å². The van der Waals surface area contributed by atoms with Crippen molar-refractivity contribution in [2.24, 2.45) is 10.9 Å². The zero-order valence-corrected chi connectivity index (χ0v) is 18.8. The molecule has 4 rings (SSSR count). The van der Waals surface area contributed by atoms with Crippen LogP contribution < -0.4 is 9.47 Å². The summed E-state index contributed by atoms with van der Waals surface area (Å²) in [6.45, 7) is 4.93. The summed E-state index contributed by atoms with van der Waals surface area (Å²) in [5.41, 5.74) is 2.31. The highest BCUT2D eigenvalue weighted by atomic mass is 79.9. The molecule has 28 heavy (non-hydrogen) atoms. The maximum atomic E-state index is 5.61. The first-order valence-electron chi connectivity index (χ1n) is 9.42. The summed E-state index contributed by atoms with van der Waals surface area (Å²) in [7, 11) is 3.40. The number of likely N-dealkylation sites (tertiary alicyclic amines) is 1. The van der Waals surface area contributed by atoms with E-state index in [2.05, 4.69) is 58.1 Å². The van der Waals surface area contributed by atoms with Gasteiger partial charge in [-0.15, -0.1) is 11.8 Å². The van der Waals surface area contributed by atoms with Gasteiger partial charge in [0.1, 0.15) is 17.0 Å². The van der Waals surface area contributed by atoms with E-state index < -0.39 is 0 Å². The molecule has 0 unspecified atom stereocenters. The van der Waals surface area contributed by atoms with E-state index in [-0.39, 0.29) is 5.54 Å². The first-order chi connectivity index (χ1) is 13.5. The Balaban J connectivity index is 1.65. The molecule has 4 nitrogen and oxygen atoms in total. The Bertz CT molecular complexity index is 904. The van der Waals surface area contributed by atoms with Crippen molar-refractivity contribution in [1.29, 1.82) is 0 Å². The van der Waals surface area contributed by atoms with Gasteiger partial charge in [0, 0.05) is 47.4 Å². The molecule has 0 saturated carbocycles. The molecule has 0 radical (unpaired) electrons. The molecule has 0 bridgehead atoms. The van der Waals surface area contributed by atoms with E-state index in [1.54, 1.807) is 14.2 Å². The number of nitrogens with zero attached hydrogens (tertiary/aromatic N) is 2. The van der Waals surface area contributed by atoms with Gasteiger partial charge in [0.15, 0.2) is 0 Å². The van der Waals surface area contributed by atoms with Crippen LogP contribution in [0.1, 0.15) is 18.1 Å². The largest absolute Gasteiger partial charge is 0.497 e. The summed E-state index contributed by atoms with van der Waals surface area (Å²) in [5.74, 6) is 3.30. The molecule has 0 aromatic heterocycles. The SMILES string of the molecule is COc1ccc(CN2C[C@H]3CSC(C)=N[C@@]3(c3cccc(Br)c3)C2)c(OC)c1. The van der Waals surface area contributed by atoms with Crippen LogP contribution in [-0.4, -0.2) is 43.0 Å². The van der Waals surface area contributed by atoms with Crippen molar-refractivity contribution < 1.29 is 9.47 Å². The minimum Gasteiger partial charge on any atom is -0.497 e. The lowest BCUT2D eigenvalue weighted by Crippen LogP contribution is -2.38. The van der Waals surface area contributed by atoms with Crippen molar-refractivity contribution in [3.05, 3.63) is 58.1 Å². The molecule has 0 spiro atoms. The topological polar surface area (TPSA) is 34.1 Å². The number of halogens is 1. The van der Waals surface area contributed by atoms with Gasteiger partial charge in [0.25, 0.3) is 0 Å². The second-order valence-electron chi connectivity index (χ2n) is 7.42. The number of hydrogen-bond acceptors (Lipinski definition) is 5. The molecule has 2 atom stereocenters. The summed E-state index contributed by atoms with van der Waals surface area (Å²) in [5, 5.41) is 1.18. The van der Waals surface area contributed by atoms with Crippen molar-refractivity contribution in [1.82, 2.24) is 4.90 Å². The summed E-state index contributed by atoms with van der Waals surface area (Å²) in [6, 6.07) is 14.7. The molecular formula is C22H25BrN2O2S. The van der Waals surface area contributed by atoms with E-state index in [1.807, 2.05) is 23.9 Å². The normalized spacial score (nSPS) is 24.6. The summed E-state index contributed by atoms with van der Waals surface area (Å²) >= 11 is 5.53. The molecule has 2 aromatic carbocycles. The molecule has 148 valence electrons. The highest BCUT2D eigenvalue weighted by molar-refractivity contribution is 9.10. The number of fused-ring (bicyclic) bond motifs is 1. The third-order valence-corrected chi connectivity index (χ3v) is 7.25. The molecule has 2 aliphatic heterocycles. The highest BCUT2D eigenvalue weighted by Crippen LogP contribution is 2.47. The maximum absolute atomic E-state index is 5.61. The molecule has 1 fully saturated rings. The van der Waals surface area contributed by atoms with Crippen LogP contribution in [0.2, 0.25) is 0 Å². The first-order valence-corrected chi connectivity index (χ1v) is 11.2. The molecule has 2 heterocycles. The van der Waals surface area contributed by atoms with Crippen LogP contribution in [0.15, 0.2) is 51.9 Å². The second-order valence-corrected chi connectivity index (χ2v) is 9.55. The van der Waals surface area contributed by atoms with Gasteiger partial charge in [0.05, 0.1) is 19.3 Å². The Labute approximate surface area is 179 Å². The van der Waals surface area contributed by atoms with Crippen LogP contribution in [0, 0.1) is 5.92 Å². The number of hydrogen-bond donors (Lipinski definition) is 0. The van der Waals surface area contributed by atoms with E-state index in [9.17, 15) is 0 Å². The number of methoxy groups -OCH3 is 2. The van der Waals surface area contributed by atoms with Crippen LogP contribution in [-0.2, 0) is 12.1 Å². The monoisotopic (exact) mass is 460 g/mol. The third kappa shape index (κ3) is 3.70. The van der Waals surface area contributed by atoms with E-state index in [0.717, 1.165) is 41.4 Å². The van der Waals surface area contributed by atoms with Gasteiger partial charge in [-0.05, 0) is 30.7 Å². The lowest BCUT2D eigenvalue weighted by molar-refractivity contribution is 0.298. The van der Waals surface area contributed by atoms with Gasteiger partial charge in [-0.3, -0.25) is 9.89 Å². The lowest BCUT2D eigenvalue weighted by Gasteiger charge is -2.35. The quantitative estimate of drug-likeness (QED) is 0.631. The lowest BCUT2D eigenvalue weighted by atomic mass is 9.82. The van der Waals surface area contributed by atoms with Crippen LogP contribution in [0.4, 0.5) is 0 Å². The predicted octanol–water partition coefficient (Wildman–Crippen LogP) is 4.96. The summed E-state index contributed by atoms with van der Waals surface area (Å²) in [6.07, 6.45) is 0. The number of benzene rings is 2. The zero-order valence-electron chi connectivity index (χ0n) is 16.4. The van der Waals surface area contributed by atoms with E-state index in [1.165, 1.54) is 16.2 Å². The smallest absolute Gasteiger partial charge is 0.127 e. The van der Waals surface area contributed by atoms with Crippen LogP contribution >= 0.6 is 27.7 Å². The van der Waals surface area contributed by atoms with Crippen molar-refractivity contribution in [2.75, 3.05) is 33.1 Å². The fourth-order valence-electron chi connectivity index (χ4n) is 4.34. The number of ether oxygens (including phenoxy) is 2. The molecule has 0 aliphatic carbocycles. The summed E-state index contributed by atoms with van der Waals surface area (Å²) in [4.78, 5) is 7.73. The Morgan fingerprint density at radius 1 is 1.21 bits per heavy atom. The Morgan fingerprint density at radius 3 is 2.82 bits per heavy atom. The number of rotatable bonds is 5. The molecular weight excluding hydrogens is 436 g/mol. The van der Waals surface area contributed by atoms with Crippen LogP contribution in [0.3, 0.4) is 0 Å². The fourth-order valence-corrected chi connectivity index (χ4v) is 5.79. The number of thioether (sulfide) groups is 1. The highest BCUT2D eigenvalue weighted by Gasteiger charge is 2.49. The first kappa shape index (κ1) is 19.8. The van der Waals surface area contributed by atoms with Gasteiger partial charge in [-0.2, -0.15) is 0 Å². The van der Waals surface area contributed by atoms with Gasteiger partial charge in [0.2, 0.25) is 0 Å². The molecule has 1 saturated heterocycles. The third-order valence-electron chi connectivity index (χ3n) is 5.68. The van der Waals surface area contributed by atoms with E-state index in [4.69, 9.17) is 14.5 Å². The molecule has 6 heteroatoms. The van der Waals surface area contributed by atoms with E-state index in [0.29, 0.717) is 5.92 Å². The standard InChI is InChI=1S/C22H25BrN2O2S/c1-15-24-22(17-5-4-6-19(23)9-17)14-25(12-18(22)13-28-15)11-16-7-8-20(26-2)10-21(16)27-3/h4-10,18H,11-14H2,1-3H3/t18-,22+/m0/s1. The minimum absolute atomic E-state index is 0.168. The van der Waals surface area contributed by atoms with Gasteiger partial charge in [-0.25, -0.2) is 0 Å². The Morgan fingerprint density at radius 2 is 2.07 bits per heavy atom. The minimum atomic E-state index is -0.168. The fraction of sp³-hybridized carbons (Fsp3) is 0.409. The number of aliphatic imine (C=N–C) groups is 1. The summed E-state index contributed by atoms with van der Waals surface area (Å²) < 4.78 is 12.1. The Hall–Kier alpha value is -1.50. The molecule has 0 amide bonds. The van der Waals surface area contributed by atoms with Gasteiger partial charge in [-0.1, -0.05) is 34.1 Å². The van der Waals surface area contributed by atoms with E-state index >= 15 is 0 Å². The average molecular weight is 461 g/mol. The van der Waals surface area contributed by atoms with Crippen molar-refractivity contribution >= 4 is 32.7 Å². The molecule has 2 aliphatic rings. The van der Waals surface area contributed by atoms with Gasteiger partial charge < -0.3 is 9.47 Å². The predicted molar refractivity (Wildman–Crippen MR) is 120 cm³/mol. The maximum Gasteiger partial charge on any atom is 0.127 e. The van der Waals surface area contributed by atoms with Gasteiger partial charge >= 0.3 is 0 Å². The van der Waals surface area contributed by atoms with Crippen molar-refractivity contribution in [3.8, 4) is 11.5 Å². The van der Waals surface area contributed by atoms with Crippen molar-refractivity contribution in [2.45, 2.75) is 19.0 Å². The van der Waals surface area contributed by atoms with Crippen LogP contribution in [0.5, 0.6) is 11.5 Å². The molecule has 2 aromatic rings. The Kier molecular flexibility index (Phi) is 5.72.